The topological polar surface area (TPSA) is 83.7 Å². The van der Waals surface area contributed by atoms with Gasteiger partial charge in [0, 0.05) is 30.6 Å². The van der Waals surface area contributed by atoms with E-state index in [-0.39, 0.29) is 6.04 Å². The molecule has 1 fully saturated rings. The van der Waals surface area contributed by atoms with Crippen molar-refractivity contribution in [3.63, 3.8) is 0 Å². The number of aromatic nitrogens is 5. The van der Waals surface area contributed by atoms with E-state index in [1.54, 1.807) is 0 Å². The lowest BCUT2D eigenvalue weighted by molar-refractivity contribution is 0.137. The monoisotopic (exact) mass is 338 g/mol. The lowest BCUT2D eigenvalue weighted by Gasteiger charge is -2.35. The van der Waals surface area contributed by atoms with Gasteiger partial charge in [-0.2, -0.15) is 5.10 Å². The van der Waals surface area contributed by atoms with Crippen LogP contribution in [0.15, 0.2) is 29.2 Å². The van der Waals surface area contributed by atoms with Crippen LogP contribution in [0.3, 0.4) is 0 Å². The summed E-state index contributed by atoms with van der Waals surface area (Å²) in [7, 11) is 0. The first-order valence-electron chi connectivity index (χ1n) is 8.69. The van der Waals surface area contributed by atoms with Gasteiger partial charge in [0.15, 0.2) is 5.76 Å². The Morgan fingerprint density at radius 1 is 1.20 bits per heavy atom. The van der Waals surface area contributed by atoms with Gasteiger partial charge in [-0.25, -0.2) is 9.97 Å². The molecule has 1 saturated heterocycles. The molecule has 0 spiro atoms. The Morgan fingerprint density at radius 3 is 2.80 bits per heavy atom. The molecular formula is C18H22N6O. The summed E-state index contributed by atoms with van der Waals surface area (Å²) in [5.41, 5.74) is 4.11. The number of hydrogen-bond donors (Lipinski definition) is 1. The van der Waals surface area contributed by atoms with Crippen molar-refractivity contribution in [3.8, 4) is 11.3 Å². The fourth-order valence-electron chi connectivity index (χ4n) is 3.48. The van der Waals surface area contributed by atoms with Crippen LogP contribution in [0, 0.1) is 13.8 Å². The van der Waals surface area contributed by atoms with E-state index in [9.17, 15) is 0 Å². The molecule has 1 aliphatic heterocycles. The second-order valence-electron chi connectivity index (χ2n) is 6.65. The molecule has 25 heavy (non-hydrogen) atoms. The van der Waals surface area contributed by atoms with Crippen molar-refractivity contribution in [2.24, 2.45) is 0 Å². The zero-order valence-corrected chi connectivity index (χ0v) is 14.6. The van der Waals surface area contributed by atoms with Gasteiger partial charge in [0.25, 0.3) is 0 Å². The first-order chi connectivity index (χ1) is 12.2. The molecule has 7 heteroatoms. The van der Waals surface area contributed by atoms with Crippen LogP contribution in [0.5, 0.6) is 0 Å². The Morgan fingerprint density at radius 2 is 2.04 bits per heavy atom. The van der Waals surface area contributed by atoms with E-state index >= 15 is 0 Å². The molecule has 0 aromatic carbocycles. The molecule has 4 heterocycles. The van der Waals surface area contributed by atoms with E-state index in [1.165, 1.54) is 12.8 Å². The molecule has 0 unspecified atom stereocenters. The summed E-state index contributed by atoms with van der Waals surface area (Å²) in [6, 6.07) is 2.23. The van der Waals surface area contributed by atoms with Gasteiger partial charge in [-0.1, -0.05) is 11.6 Å². The normalized spacial score (nSPS) is 18.6. The number of aryl methyl sites for hydroxylation is 2. The molecule has 3 aromatic rings. The van der Waals surface area contributed by atoms with Crippen LogP contribution in [0.25, 0.3) is 11.3 Å². The predicted octanol–water partition coefficient (Wildman–Crippen LogP) is 3.20. The molecule has 3 aromatic heterocycles. The van der Waals surface area contributed by atoms with Crippen molar-refractivity contribution < 1.29 is 4.52 Å². The Hall–Kier alpha value is -2.54. The smallest absolute Gasteiger partial charge is 0.170 e. The summed E-state index contributed by atoms with van der Waals surface area (Å²) in [4.78, 5) is 11.1. The van der Waals surface area contributed by atoms with Gasteiger partial charge < -0.3 is 4.52 Å². The van der Waals surface area contributed by atoms with E-state index in [2.05, 4.69) is 30.2 Å². The Bertz CT molecular complexity index is 837. The van der Waals surface area contributed by atoms with Gasteiger partial charge >= 0.3 is 0 Å². The van der Waals surface area contributed by atoms with E-state index < -0.39 is 0 Å². The molecule has 0 aliphatic carbocycles. The lowest BCUT2D eigenvalue weighted by Crippen LogP contribution is -2.33. The molecule has 0 amide bonds. The summed E-state index contributed by atoms with van der Waals surface area (Å²) in [6.07, 6.45) is 9.17. The molecule has 0 radical (unpaired) electrons. The van der Waals surface area contributed by atoms with E-state index in [0.717, 1.165) is 53.6 Å². The minimum Gasteiger partial charge on any atom is -0.356 e. The van der Waals surface area contributed by atoms with Crippen LogP contribution < -0.4 is 0 Å². The summed E-state index contributed by atoms with van der Waals surface area (Å²) in [5.74, 6) is 1.57. The Labute approximate surface area is 146 Å². The van der Waals surface area contributed by atoms with Gasteiger partial charge in [0.2, 0.25) is 0 Å². The molecule has 0 saturated carbocycles. The number of rotatable bonds is 4. The van der Waals surface area contributed by atoms with Crippen LogP contribution in [-0.4, -0.2) is 36.8 Å². The molecule has 4 rings (SSSR count). The fraction of sp³-hybridized carbons (Fsp3) is 0.444. The Balaban J connectivity index is 1.61. The maximum absolute atomic E-state index is 5.46. The van der Waals surface area contributed by atoms with Gasteiger partial charge in [-0.15, -0.1) is 0 Å². The zero-order valence-electron chi connectivity index (χ0n) is 14.6. The third-order valence-corrected chi connectivity index (χ3v) is 4.73. The molecule has 0 bridgehead atoms. The highest BCUT2D eigenvalue weighted by atomic mass is 16.5. The molecular weight excluding hydrogens is 316 g/mol. The number of piperidine rings is 1. The summed E-state index contributed by atoms with van der Waals surface area (Å²) < 4.78 is 5.46. The standard InChI is InChI=1S/C18H22N6O/c1-12-7-17(25-23-12)15-10-21-22-18(15)16-5-3-4-6-24(16)11-14-8-19-13(2)20-9-14/h7-10,16H,3-6,11H2,1-2H3,(H,21,22)/t16-/m1/s1. The number of likely N-dealkylation sites (tertiary alicyclic amines) is 1. The Kier molecular flexibility index (Phi) is 4.31. The lowest BCUT2D eigenvalue weighted by atomic mass is 9.96. The molecule has 7 nitrogen and oxygen atoms in total. The average molecular weight is 338 g/mol. The second kappa shape index (κ2) is 6.76. The molecule has 1 aliphatic rings. The summed E-state index contributed by atoms with van der Waals surface area (Å²) in [5, 5.41) is 11.5. The van der Waals surface area contributed by atoms with Gasteiger partial charge in [-0.05, 0) is 33.2 Å². The number of nitrogens with one attached hydrogen (secondary N) is 1. The van der Waals surface area contributed by atoms with E-state index in [4.69, 9.17) is 4.52 Å². The van der Waals surface area contributed by atoms with Crippen molar-refractivity contribution >= 4 is 0 Å². The van der Waals surface area contributed by atoms with E-state index in [0.29, 0.717) is 0 Å². The molecule has 130 valence electrons. The maximum atomic E-state index is 5.46. The second-order valence-corrected chi connectivity index (χ2v) is 6.65. The van der Waals surface area contributed by atoms with Crippen molar-refractivity contribution in [1.29, 1.82) is 0 Å². The van der Waals surface area contributed by atoms with Crippen LogP contribution >= 0.6 is 0 Å². The quantitative estimate of drug-likeness (QED) is 0.786. The first-order valence-corrected chi connectivity index (χ1v) is 8.69. The van der Waals surface area contributed by atoms with Crippen LogP contribution in [0.1, 0.15) is 48.1 Å². The largest absolute Gasteiger partial charge is 0.356 e. The highest BCUT2D eigenvalue weighted by Crippen LogP contribution is 2.36. The highest BCUT2D eigenvalue weighted by molar-refractivity contribution is 5.60. The molecule has 1 N–H and O–H groups in total. The summed E-state index contributed by atoms with van der Waals surface area (Å²) >= 11 is 0. The minimum absolute atomic E-state index is 0.276. The zero-order chi connectivity index (χ0) is 17.2. The predicted molar refractivity (Wildman–Crippen MR) is 92.6 cm³/mol. The van der Waals surface area contributed by atoms with Gasteiger partial charge in [0.05, 0.1) is 29.2 Å². The number of aromatic amines is 1. The average Bonchev–Trinajstić information content (AvgIpc) is 3.26. The van der Waals surface area contributed by atoms with Gasteiger partial charge in [0.1, 0.15) is 5.82 Å². The third kappa shape index (κ3) is 3.32. The SMILES string of the molecule is Cc1cc(-c2cn[nH]c2[C@H]2CCCCN2Cc2cnc(C)nc2)on1. The number of H-pyrrole nitrogens is 1. The highest BCUT2D eigenvalue weighted by Gasteiger charge is 2.28. The maximum Gasteiger partial charge on any atom is 0.170 e. The van der Waals surface area contributed by atoms with Crippen molar-refractivity contribution in [1.82, 2.24) is 30.2 Å². The van der Waals surface area contributed by atoms with Crippen LogP contribution in [-0.2, 0) is 6.54 Å². The summed E-state index contributed by atoms with van der Waals surface area (Å²) in [6.45, 7) is 5.71. The fourth-order valence-corrected chi connectivity index (χ4v) is 3.48. The van der Waals surface area contributed by atoms with Crippen molar-refractivity contribution in [3.05, 3.63) is 47.4 Å². The van der Waals surface area contributed by atoms with Crippen LogP contribution in [0.4, 0.5) is 0 Å². The number of hydrogen-bond acceptors (Lipinski definition) is 6. The van der Waals surface area contributed by atoms with Crippen molar-refractivity contribution in [2.75, 3.05) is 6.54 Å². The first kappa shape index (κ1) is 16.0. The van der Waals surface area contributed by atoms with Gasteiger partial charge in [-0.3, -0.25) is 10.00 Å². The van der Waals surface area contributed by atoms with Crippen LogP contribution in [0.2, 0.25) is 0 Å². The number of nitrogens with zero attached hydrogens (tertiary/aromatic N) is 5. The van der Waals surface area contributed by atoms with Crippen molar-refractivity contribution in [2.45, 2.75) is 45.7 Å². The minimum atomic E-state index is 0.276. The molecule has 1 atom stereocenters. The third-order valence-electron chi connectivity index (χ3n) is 4.73. The van der Waals surface area contributed by atoms with E-state index in [1.807, 2.05) is 38.5 Å².